The van der Waals surface area contributed by atoms with Crippen molar-refractivity contribution in [3.63, 3.8) is 0 Å². The van der Waals surface area contributed by atoms with E-state index in [9.17, 15) is 5.11 Å². The Labute approximate surface area is 134 Å². The molecule has 0 bridgehead atoms. The molecule has 0 unspecified atom stereocenters. The van der Waals surface area contributed by atoms with E-state index in [4.69, 9.17) is 4.74 Å². The number of benzene rings is 2. The van der Waals surface area contributed by atoms with Crippen molar-refractivity contribution in [3.05, 3.63) is 58.1 Å². The van der Waals surface area contributed by atoms with E-state index >= 15 is 0 Å². The van der Waals surface area contributed by atoms with Crippen LogP contribution in [0, 0.1) is 0 Å². The van der Waals surface area contributed by atoms with Gasteiger partial charge in [-0.3, -0.25) is 0 Å². The van der Waals surface area contributed by atoms with Crippen molar-refractivity contribution in [1.82, 2.24) is 5.32 Å². The normalized spacial score (nSPS) is 10.6. The van der Waals surface area contributed by atoms with Gasteiger partial charge in [-0.1, -0.05) is 41.1 Å². The monoisotopic (exact) mass is 349 g/mol. The first-order valence-electron chi connectivity index (χ1n) is 7.09. The van der Waals surface area contributed by atoms with E-state index in [1.807, 2.05) is 36.4 Å². The summed E-state index contributed by atoms with van der Waals surface area (Å²) in [5.41, 5.74) is 1.95. The molecule has 2 aromatic carbocycles. The summed E-state index contributed by atoms with van der Waals surface area (Å²) in [6.45, 7) is 3.92. The van der Waals surface area contributed by atoms with Crippen molar-refractivity contribution in [1.29, 1.82) is 0 Å². The largest absolute Gasteiger partial charge is 0.457 e. The Kier molecular flexibility index (Phi) is 6.23. The van der Waals surface area contributed by atoms with Gasteiger partial charge < -0.3 is 15.2 Å². The Morgan fingerprint density at radius 3 is 2.81 bits per heavy atom. The van der Waals surface area contributed by atoms with Gasteiger partial charge in [0.25, 0.3) is 0 Å². The van der Waals surface area contributed by atoms with Crippen molar-refractivity contribution in [2.75, 3.05) is 6.54 Å². The Morgan fingerprint density at radius 2 is 2.05 bits per heavy atom. The van der Waals surface area contributed by atoms with Crippen molar-refractivity contribution in [2.45, 2.75) is 26.5 Å². The molecule has 0 saturated heterocycles. The minimum absolute atomic E-state index is 0.0145. The van der Waals surface area contributed by atoms with Gasteiger partial charge in [-0.15, -0.1) is 0 Å². The highest BCUT2D eigenvalue weighted by atomic mass is 79.9. The van der Waals surface area contributed by atoms with E-state index in [0.29, 0.717) is 0 Å². The molecule has 0 fully saturated rings. The zero-order chi connectivity index (χ0) is 15.1. The number of halogens is 1. The van der Waals surface area contributed by atoms with Gasteiger partial charge >= 0.3 is 0 Å². The molecule has 21 heavy (non-hydrogen) atoms. The molecule has 2 N–H and O–H groups in total. The van der Waals surface area contributed by atoms with Gasteiger partial charge in [0, 0.05) is 16.6 Å². The van der Waals surface area contributed by atoms with Crippen LogP contribution in [-0.2, 0) is 13.2 Å². The molecule has 0 aliphatic carbocycles. The van der Waals surface area contributed by atoms with Crippen molar-refractivity contribution >= 4 is 15.9 Å². The highest BCUT2D eigenvalue weighted by molar-refractivity contribution is 9.10. The van der Waals surface area contributed by atoms with E-state index in [1.54, 1.807) is 0 Å². The molecule has 0 aromatic heterocycles. The molecule has 0 aliphatic heterocycles. The third kappa shape index (κ3) is 4.84. The summed E-state index contributed by atoms with van der Waals surface area (Å²) in [7, 11) is 0. The topological polar surface area (TPSA) is 41.5 Å². The minimum Gasteiger partial charge on any atom is -0.457 e. The highest BCUT2D eigenvalue weighted by Gasteiger charge is 2.06. The lowest BCUT2D eigenvalue weighted by molar-refractivity contribution is 0.281. The molecule has 0 radical (unpaired) electrons. The van der Waals surface area contributed by atoms with Crippen LogP contribution in [0.5, 0.6) is 11.5 Å². The van der Waals surface area contributed by atoms with Gasteiger partial charge in [0.15, 0.2) is 0 Å². The number of ether oxygens (including phenoxy) is 1. The van der Waals surface area contributed by atoms with Crippen LogP contribution >= 0.6 is 15.9 Å². The molecule has 112 valence electrons. The van der Waals surface area contributed by atoms with Gasteiger partial charge in [-0.05, 0) is 42.8 Å². The second kappa shape index (κ2) is 8.17. The van der Waals surface area contributed by atoms with E-state index < -0.39 is 0 Å². The SMILES string of the molecule is CCCNCc1ccc(Br)cc1Oc1cccc(CO)c1. The third-order valence-corrected chi connectivity index (χ3v) is 3.57. The van der Waals surface area contributed by atoms with Crippen LogP contribution in [0.2, 0.25) is 0 Å². The number of aliphatic hydroxyl groups is 1. The third-order valence-electron chi connectivity index (χ3n) is 3.08. The van der Waals surface area contributed by atoms with Crippen molar-refractivity contribution in [2.24, 2.45) is 0 Å². The number of hydrogen-bond acceptors (Lipinski definition) is 3. The standard InChI is InChI=1S/C17H20BrNO2/c1-2-8-19-11-14-6-7-15(18)10-17(14)21-16-5-3-4-13(9-16)12-20/h3-7,9-10,19-20H,2,8,11-12H2,1H3. The first kappa shape index (κ1) is 16.0. The second-order valence-corrected chi connectivity index (χ2v) is 5.75. The molecule has 0 spiro atoms. The molecule has 2 rings (SSSR count). The summed E-state index contributed by atoms with van der Waals surface area (Å²) < 4.78 is 6.96. The van der Waals surface area contributed by atoms with E-state index in [2.05, 4.69) is 34.2 Å². The van der Waals surface area contributed by atoms with E-state index in [1.165, 1.54) is 0 Å². The van der Waals surface area contributed by atoms with Crippen molar-refractivity contribution < 1.29 is 9.84 Å². The molecule has 0 saturated carbocycles. The van der Waals surface area contributed by atoms with Gasteiger partial charge in [0.05, 0.1) is 6.61 Å². The lowest BCUT2D eigenvalue weighted by atomic mass is 10.2. The Balaban J connectivity index is 2.18. The van der Waals surface area contributed by atoms with E-state index in [0.717, 1.165) is 46.6 Å². The Bertz CT molecular complexity index is 587. The summed E-state index contributed by atoms with van der Waals surface area (Å²) in [5, 5.41) is 12.6. The lowest BCUT2D eigenvalue weighted by Crippen LogP contribution is -2.14. The van der Waals surface area contributed by atoms with Crippen LogP contribution in [0.1, 0.15) is 24.5 Å². The predicted octanol–water partition coefficient (Wildman–Crippen LogP) is 4.23. The summed E-state index contributed by atoms with van der Waals surface area (Å²) in [5.74, 6) is 1.56. The maximum atomic E-state index is 9.20. The highest BCUT2D eigenvalue weighted by Crippen LogP contribution is 2.29. The summed E-state index contributed by atoms with van der Waals surface area (Å²) >= 11 is 3.48. The van der Waals surface area contributed by atoms with Crippen LogP contribution in [0.25, 0.3) is 0 Å². The van der Waals surface area contributed by atoms with Crippen LogP contribution < -0.4 is 10.1 Å². The maximum Gasteiger partial charge on any atom is 0.133 e. The van der Waals surface area contributed by atoms with E-state index in [-0.39, 0.29) is 6.61 Å². The smallest absolute Gasteiger partial charge is 0.133 e. The molecule has 3 nitrogen and oxygen atoms in total. The van der Waals surface area contributed by atoms with Crippen LogP contribution in [-0.4, -0.2) is 11.7 Å². The zero-order valence-electron chi connectivity index (χ0n) is 12.1. The van der Waals surface area contributed by atoms with Crippen molar-refractivity contribution in [3.8, 4) is 11.5 Å². The fourth-order valence-corrected chi connectivity index (χ4v) is 2.34. The van der Waals surface area contributed by atoms with Gasteiger partial charge in [-0.2, -0.15) is 0 Å². The molecule has 0 heterocycles. The maximum absolute atomic E-state index is 9.20. The molecular formula is C17H20BrNO2. The van der Waals surface area contributed by atoms with Gasteiger partial charge in [0.1, 0.15) is 11.5 Å². The zero-order valence-corrected chi connectivity index (χ0v) is 13.7. The minimum atomic E-state index is 0.0145. The van der Waals surface area contributed by atoms with Gasteiger partial charge in [-0.25, -0.2) is 0 Å². The quantitative estimate of drug-likeness (QED) is 0.734. The Morgan fingerprint density at radius 1 is 1.19 bits per heavy atom. The molecule has 0 atom stereocenters. The summed E-state index contributed by atoms with van der Waals surface area (Å²) in [4.78, 5) is 0. The van der Waals surface area contributed by atoms with Gasteiger partial charge in [0.2, 0.25) is 0 Å². The summed E-state index contributed by atoms with van der Waals surface area (Å²) in [6, 6.07) is 13.5. The summed E-state index contributed by atoms with van der Waals surface area (Å²) in [6.07, 6.45) is 1.10. The molecular weight excluding hydrogens is 330 g/mol. The fraction of sp³-hybridized carbons (Fsp3) is 0.294. The number of hydrogen-bond donors (Lipinski definition) is 2. The lowest BCUT2D eigenvalue weighted by Gasteiger charge is -2.13. The molecule has 4 heteroatoms. The first-order valence-corrected chi connectivity index (χ1v) is 7.89. The second-order valence-electron chi connectivity index (χ2n) is 4.84. The molecule has 2 aromatic rings. The molecule has 0 amide bonds. The number of aliphatic hydroxyl groups excluding tert-OH is 1. The average molecular weight is 350 g/mol. The van der Waals surface area contributed by atoms with Crippen LogP contribution in [0.4, 0.5) is 0 Å². The predicted molar refractivity (Wildman–Crippen MR) is 88.6 cm³/mol. The average Bonchev–Trinajstić information content (AvgIpc) is 2.50. The van der Waals surface area contributed by atoms with Crippen LogP contribution in [0.3, 0.4) is 0 Å². The Hall–Kier alpha value is -1.36. The molecule has 0 aliphatic rings. The number of rotatable bonds is 7. The first-order chi connectivity index (χ1) is 10.2. The fourth-order valence-electron chi connectivity index (χ4n) is 2.00. The van der Waals surface area contributed by atoms with Crippen LogP contribution in [0.15, 0.2) is 46.9 Å². The number of nitrogens with one attached hydrogen (secondary N) is 1.